The first-order valence-electron chi connectivity index (χ1n) is 6.79. The van der Waals surface area contributed by atoms with Gasteiger partial charge in [0.2, 0.25) is 0 Å². The van der Waals surface area contributed by atoms with Gasteiger partial charge in [-0.2, -0.15) is 0 Å². The van der Waals surface area contributed by atoms with Crippen molar-refractivity contribution in [2.24, 2.45) is 0 Å². The van der Waals surface area contributed by atoms with Crippen molar-refractivity contribution in [2.75, 3.05) is 6.61 Å². The van der Waals surface area contributed by atoms with Crippen LogP contribution < -0.4 is 0 Å². The molecule has 22 heavy (non-hydrogen) atoms. The van der Waals surface area contributed by atoms with Crippen LogP contribution in [0.1, 0.15) is 33.2 Å². The molecule has 0 aromatic heterocycles. The van der Waals surface area contributed by atoms with Crippen molar-refractivity contribution < 1.29 is 19.1 Å². The third-order valence-electron chi connectivity index (χ3n) is 2.90. The molecule has 0 amide bonds. The van der Waals surface area contributed by atoms with Gasteiger partial charge in [0, 0.05) is 3.57 Å². The van der Waals surface area contributed by atoms with Gasteiger partial charge in [-0.3, -0.25) is 0 Å². The fourth-order valence-corrected chi connectivity index (χ4v) is 2.51. The molecule has 0 aliphatic carbocycles. The van der Waals surface area contributed by atoms with E-state index in [-0.39, 0.29) is 24.3 Å². The maximum atomic E-state index is 12.2. The molecule has 0 saturated heterocycles. The summed E-state index contributed by atoms with van der Waals surface area (Å²) in [6.45, 7) is 2.13. The van der Waals surface area contributed by atoms with Crippen LogP contribution in [-0.4, -0.2) is 18.5 Å². The van der Waals surface area contributed by atoms with Crippen LogP contribution in [0.3, 0.4) is 0 Å². The SMILES string of the molecule is CCOC(=O)c1ccccc1C(=O)OCc1cccc(I)c1. The van der Waals surface area contributed by atoms with Gasteiger partial charge in [-0.15, -0.1) is 0 Å². The maximum Gasteiger partial charge on any atom is 0.339 e. The van der Waals surface area contributed by atoms with E-state index >= 15 is 0 Å². The molecule has 0 aliphatic rings. The average molecular weight is 410 g/mol. The quantitative estimate of drug-likeness (QED) is 0.556. The molecule has 0 unspecified atom stereocenters. The molecule has 0 spiro atoms. The molecule has 0 heterocycles. The van der Waals surface area contributed by atoms with Gasteiger partial charge in [-0.1, -0.05) is 24.3 Å². The molecular formula is C17H15IO4. The van der Waals surface area contributed by atoms with Crippen LogP contribution in [0.5, 0.6) is 0 Å². The van der Waals surface area contributed by atoms with Gasteiger partial charge in [0.1, 0.15) is 6.61 Å². The third-order valence-corrected chi connectivity index (χ3v) is 3.57. The Kier molecular flexibility index (Phi) is 5.94. The van der Waals surface area contributed by atoms with E-state index in [1.807, 2.05) is 24.3 Å². The Morgan fingerprint density at radius 2 is 1.59 bits per heavy atom. The first-order valence-corrected chi connectivity index (χ1v) is 7.87. The summed E-state index contributed by atoms with van der Waals surface area (Å²) in [5.74, 6) is -1.06. The summed E-state index contributed by atoms with van der Waals surface area (Å²) in [6, 6.07) is 14.2. The zero-order valence-electron chi connectivity index (χ0n) is 12.0. The van der Waals surface area contributed by atoms with E-state index < -0.39 is 11.9 Å². The van der Waals surface area contributed by atoms with Crippen molar-refractivity contribution >= 4 is 34.5 Å². The largest absolute Gasteiger partial charge is 0.462 e. The van der Waals surface area contributed by atoms with E-state index in [4.69, 9.17) is 9.47 Å². The highest BCUT2D eigenvalue weighted by molar-refractivity contribution is 14.1. The van der Waals surface area contributed by atoms with Crippen LogP contribution in [0.15, 0.2) is 48.5 Å². The number of esters is 2. The average Bonchev–Trinajstić information content (AvgIpc) is 2.53. The standard InChI is InChI=1S/C17H15IO4/c1-2-21-16(19)14-8-3-4-9-15(14)17(20)22-11-12-6-5-7-13(18)10-12/h3-10H,2,11H2,1H3. The van der Waals surface area contributed by atoms with Gasteiger partial charge in [0.15, 0.2) is 0 Å². The van der Waals surface area contributed by atoms with Crippen molar-refractivity contribution in [2.45, 2.75) is 13.5 Å². The summed E-state index contributed by atoms with van der Waals surface area (Å²) in [6.07, 6.45) is 0. The molecule has 2 rings (SSSR count). The summed E-state index contributed by atoms with van der Waals surface area (Å²) >= 11 is 2.20. The zero-order chi connectivity index (χ0) is 15.9. The van der Waals surface area contributed by atoms with Crippen LogP contribution in [0.4, 0.5) is 0 Å². The lowest BCUT2D eigenvalue weighted by Crippen LogP contribution is -2.14. The predicted octanol–water partition coefficient (Wildman–Crippen LogP) is 3.82. The van der Waals surface area contributed by atoms with Gasteiger partial charge >= 0.3 is 11.9 Å². The number of carbonyl (C=O) groups excluding carboxylic acids is 2. The third kappa shape index (κ3) is 4.30. The van der Waals surface area contributed by atoms with E-state index in [9.17, 15) is 9.59 Å². The van der Waals surface area contributed by atoms with E-state index in [1.165, 1.54) is 0 Å². The van der Waals surface area contributed by atoms with Crippen molar-refractivity contribution in [1.29, 1.82) is 0 Å². The molecule has 0 N–H and O–H groups in total. The van der Waals surface area contributed by atoms with Crippen LogP contribution in [0.2, 0.25) is 0 Å². The Balaban J connectivity index is 2.11. The Morgan fingerprint density at radius 1 is 0.955 bits per heavy atom. The number of halogens is 1. The molecule has 5 heteroatoms. The second-order valence-corrected chi connectivity index (χ2v) is 5.72. The molecule has 0 bridgehead atoms. The fourth-order valence-electron chi connectivity index (χ4n) is 1.90. The van der Waals surface area contributed by atoms with E-state index in [2.05, 4.69) is 22.6 Å². The summed E-state index contributed by atoms with van der Waals surface area (Å²) in [5.41, 5.74) is 1.33. The second kappa shape index (κ2) is 7.93. The topological polar surface area (TPSA) is 52.6 Å². The summed E-state index contributed by atoms with van der Waals surface area (Å²) in [4.78, 5) is 24.1. The number of carbonyl (C=O) groups is 2. The van der Waals surface area contributed by atoms with E-state index in [0.717, 1.165) is 9.13 Å². The molecule has 0 aliphatic heterocycles. The number of hydrogen-bond acceptors (Lipinski definition) is 4. The summed E-state index contributed by atoms with van der Waals surface area (Å²) < 4.78 is 11.3. The molecule has 0 atom stereocenters. The Bertz CT molecular complexity index is 682. The minimum atomic E-state index is -0.539. The van der Waals surface area contributed by atoms with E-state index in [0.29, 0.717) is 0 Å². The molecule has 114 valence electrons. The Hall–Kier alpha value is -1.89. The van der Waals surface area contributed by atoms with Gasteiger partial charge in [-0.05, 0) is 59.3 Å². The summed E-state index contributed by atoms with van der Waals surface area (Å²) in [5, 5.41) is 0. The van der Waals surface area contributed by atoms with Gasteiger partial charge < -0.3 is 9.47 Å². The van der Waals surface area contributed by atoms with E-state index in [1.54, 1.807) is 31.2 Å². The van der Waals surface area contributed by atoms with Gasteiger partial charge in [0.25, 0.3) is 0 Å². The normalized spacial score (nSPS) is 10.1. The highest BCUT2D eigenvalue weighted by Crippen LogP contribution is 2.14. The monoisotopic (exact) mass is 410 g/mol. The Labute approximate surface area is 142 Å². The van der Waals surface area contributed by atoms with Crippen molar-refractivity contribution in [3.8, 4) is 0 Å². The van der Waals surface area contributed by atoms with Crippen LogP contribution in [-0.2, 0) is 16.1 Å². The minimum absolute atomic E-state index is 0.160. The van der Waals surface area contributed by atoms with Crippen LogP contribution >= 0.6 is 22.6 Å². The van der Waals surface area contributed by atoms with Crippen molar-refractivity contribution in [3.05, 3.63) is 68.8 Å². The van der Waals surface area contributed by atoms with Gasteiger partial charge in [0.05, 0.1) is 17.7 Å². The van der Waals surface area contributed by atoms with Crippen LogP contribution in [0, 0.1) is 3.57 Å². The molecule has 4 nitrogen and oxygen atoms in total. The maximum absolute atomic E-state index is 12.2. The Morgan fingerprint density at radius 3 is 2.18 bits per heavy atom. The lowest BCUT2D eigenvalue weighted by molar-refractivity contribution is 0.0445. The number of rotatable bonds is 5. The predicted molar refractivity (Wildman–Crippen MR) is 90.7 cm³/mol. The molecule has 2 aromatic carbocycles. The molecule has 0 radical (unpaired) electrons. The van der Waals surface area contributed by atoms with Gasteiger partial charge in [-0.25, -0.2) is 9.59 Å². The highest BCUT2D eigenvalue weighted by atomic mass is 127. The van der Waals surface area contributed by atoms with Crippen molar-refractivity contribution in [1.82, 2.24) is 0 Å². The number of ether oxygens (including phenoxy) is 2. The zero-order valence-corrected chi connectivity index (χ0v) is 14.2. The van der Waals surface area contributed by atoms with Crippen molar-refractivity contribution in [3.63, 3.8) is 0 Å². The highest BCUT2D eigenvalue weighted by Gasteiger charge is 2.18. The van der Waals surface area contributed by atoms with Crippen LogP contribution in [0.25, 0.3) is 0 Å². The number of hydrogen-bond donors (Lipinski definition) is 0. The first kappa shape index (κ1) is 16.5. The lowest BCUT2D eigenvalue weighted by Gasteiger charge is -2.09. The smallest absolute Gasteiger partial charge is 0.339 e. The molecule has 0 fully saturated rings. The molecular weight excluding hydrogens is 395 g/mol. The number of benzene rings is 2. The first-order chi connectivity index (χ1) is 10.6. The molecule has 0 saturated carbocycles. The molecule has 2 aromatic rings. The second-order valence-electron chi connectivity index (χ2n) is 4.47. The summed E-state index contributed by atoms with van der Waals surface area (Å²) in [7, 11) is 0. The minimum Gasteiger partial charge on any atom is -0.462 e. The fraction of sp³-hybridized carbons (Fsp3) is 0.176. The lowest BCUT2D eigenvalue weighted by atomic mass is 10.1.